The average molecular weight is 448 g/mol. The van der Waals surface area contributed by atoms with E-state index in [4.69, 9.17) is 5.11 Å². The molecule has 2 rings (SSSR count). The highest BCUT2D eigenvalue weighted by molar-refractivity contribution is 5.86. The summed E-state index contributed by atoms with van der Waals surface area (Å²) in [5.74, 6) is -0.266. The maximum atomic E-state index is 14.0. The summed E-state index contributed by atoms with van der Waals surface area (Å²) in [6.07, 6.45) is 4.81. The molecule has 7 heteroatoms. The summed E-state index contributed by atoms with van der Waals surface area (Å²) in [6.45, 7) is 1.76. The highest BCUT2D eigenvalue weighted by atomic mass is 19.3. The summed E-state index contributed by atoms with van der Waals surface area (Å²) < 4.78 is 27.9. The molecule has 1 aromatic rings. The first-order chi connectivity index (χ1) is 15.2. The number of carboxylic acids is 1. The van der Waals surface area contributed by atoms with Gasteiger partial charge in [0.05, 0.1) is 18.7 Å². The molecule has 1 aliphatic heterocycles. The van der Waals surface area contributed by atoms with Gasteiger partial charge in [0.15, 0.2) is 0 Å². The normalized spacial score (nSPS) is 19.6. The molecule has 2 N–H and O–H groups in total. The Morgan fingerprint density at radius 2 is 2.00 bits per heavy atom. The number of hydrogen-bond donors (Lipinski definition) is 2. The van der Waals surface area contributed by atoms with Crippen LogP contribution in [0.25, 0.3) is 0 Å². The minimum atomic E-state index is -3.45. The summed E-state index contributed by atoms with van der Waals surface area (Å²) in [5.41, 5.74) is 1.23. The van der Waals surface area contributed by atoms with Crippen LogP contribution in [0.1, 0.15) is 51.0 Å². The molecule has 0 aliphatic carbocycles. The second kappa shape index (κ2) is 12.4. The number of rotatable bonds is 11. The monoisotopic (exact) mass is 447 g/mol. The minimum absolute atomic E-state index is 0.0117. The Bertz CT molecular complexity index is 844. The van der Waals surface area contributed by atoms with E-state index < -0.39 is 36.4 Å². The molecule has 3 atom stereocenters. The van der Waals surface area contributed by atoms with Gasteiger partial charge in [0, 0.05) is 19.3 Å². The summed E-state index contributed by atoms with van der Waals surface area (Å²) in [7, 11) is 0. The second-order valence-electron chi connectivity index (χ2n) is 8.24. The number of aryl methyl sites for hydroxylation is 1. The van der Waals surface area contributed by atoms with Crippen LogP contribution in [-0.4, -0.2) is 51.6 Å². The van der Waals surface area contributed by atoms with Crippen LogP contribution in [-0.2, 0) is 16.0 Å². The van der Waals surface area contributed by atoms with E-state index in [9.17, 15) is 23.5 Å². The number of carboxylic acid groups (broad SMARTS) is 1. The first-order valence-electron chi connectivity index (χ1n) is 11.0. The maximum absolute atomic E-state index is 14.0. The number of nitrogens with zero attached hydrogens (tertiary/aromatic N) is 1. The van der Waals surface area contributed by atoms with E-state index in [-0.39, 0.29) is 18.9 Å². The molecule has 1 aromatic carbocycles. The predicted molar refractivity (Wildman–Crippen MR) is 118 cm³/mol. The van der Waals surface area contributed by atoms with Crippen LogP contribution < -0.4 is 0 Å². The highest BCUT2D eigenvalue weighted by Crippen LogP contribution is 2.34. The quantitative estimate of drug-likeness (QED) is 0.305. The molecule has 174 valence electrons. The standard InChI is InChI=1S/C25H31F2NO4/c1-19(10-9-13-20-11-5-4-6-12-20)22(29)16-15-21-18-25(26,27)24(32)28(21)17-8-3-2-7-14-23(30)31/h4-6,11-12,15-16,19,21-22,29H,2,7,9-10,13-14,17-18H2,1H3,(H,30,31)/b16-15+/t19?,21-,22?/m0/s1. The van der Waals surface area contributed by atoms with Crippen LogP contribution in [0.2, 0.25) is 0 Å². The molecule has 0 radical (unpaired) electrons. The third kappa shape index (κ3) is 8.08. The largest absolute Gasteiger partial charge is 0.481 e. The maximum Gasteiger partial charge on any atom is 0.327 e. The topological polar surface area (TPSA) is 77.8 Å². The highest BCUT2D eigenvalue weighted by Gasteiger charge is 2.52. The number of carbonyl (C=O) groups excluding carboxylic acids is 1. The lowest BCUT2D eigenvalue weighted by atomic mass is 9.95. The van der Waals surface area contributed by atoms with Gasteiger partial charge in [-0.05, 0) is 37.2 Å². The SMILES string of the molecule is CC(CCCc1ccccc1)C(O)/C=C/[C@H]1CC(F)(F)C(=O)N1CC#CCCCC(=O)O. The van der Waals surface area contributed by atoms with Crippen LogP contribution in [0.4, 0.5) is 8.78 Å². The van der Waals surface area contributed by atoms with Crippen LogP contribution in [0, 0.1) is 17.8 Å². The molecule has 32 heavy (non-hydrogen) atoms. The average Bonchev–Trinajstić information content (AvgIpc) is 2.97. The number of aliphatic carboxylic acids is 1. The predicted octanol–water partition coefficient (Wildman–Crippen LogP) is 4.06. The summed E-state index contributed by atoms with van der Waals surface area (Å²) in [6, 6.07) is 9.22. The number of benzene rings is 1. The van der Waals surface area contributed by atoms with Gasteiger partial charge in [0.1, 0.15) is 0 Å². The Hall–Kier alpha value is -2.72. The smallest absolute Gasteiger partial charge is 0.327 e. The number of aliphatic hydroxyl groups excluding tert-OH is 1. The zero-order valence-corrected chi connectivity index (χ0v) is 18.3. The minimum Gasteiger partial charge on any atom is -0.481 e. The van der Waals surface area contributed by atoms with Gasteiger partial charge in [0.25, 0.3) is 5.91 Å². The Morgan fingerprint density at radius 3 is 2.69 bits per heavy atom. The lowest BCUT2D eigenvalue weighted by Crippen LogP contribution is -2.36. The molecule has 1 fully saturated rings. The summed E-state index contributed by atoms with van der Waals surface area (Å²) >= 11 is 0. The third-order valence-corrected chi connectivity index (χ3v) is 5.59. The fourth-order valence-corrected chi connectivity index (χ4v) is 3.61. The molecule has 0 spiro atoms. The number of unbranched alkanes of at least 4 members (excludes halogenated alkanes) is 1. The van der Waals surface area contributed by atoms with Gasteiger partial charge in [-0.3, -0.25) is 9.59 Å². The van der Waals surface area contributed by atoms with Crippen molar-refractivity contribution in [1.82, 2.24) is 4.90 Å². The van der Waals surface area contributed by atoms with Gasteiger partial charge in [-0.2, -0.15) is 8.78 Å². The lowest BCUT2D eigenvalue weighted by Gasteiger charge is -2.20. The van der Waals surface area contributed by atoms with Crippen molar-refractivity contribution >= 4 is 11.9 Å². The zero-order chi connectivity index (χ0) is 23.6. The van der Waals surface area contributed by atoms with Gasteiger partial charge < -0.3 is 15.1 Å². The van der Waals surface area contributed by atoms with E-state index in [1.807, 2.05) is 25.1 Å². The van der Waals surface area contributed by atoms with Crippen molar-refractivity contribution in [3.63, 3.8) is 0 Å². The fraction of sp³-hybridized carbons (Fsp3) is 0.520. The molecule has 0 aromatic heterocycles. The van der Waals surface area contributed by atoms with Gasteiger partial charge in [-0.1, -0.05) is 55.3 Å². The molecule has 2 unspecified atom stereocenters. The molecule has 1 saturated heterocycles. The number of hydrogen-bond acceptors (Lipinski definition) is 3. The van der Waals surface area contributed by atoms with Gasteiger partial charge in [-0.25, -0.2) is 0 Å². The molecule has 0 bridgehead atoms. The Kier molecular flexibility index (Phi) is 9.86. The number of amides is 1. The molecular weight excluding hydrogens is 416 g/mol. The van der Waals surface area contributed by atoms with E-state index in [0.717, 1.165) is 24.2 Å². The molecule has 0 saturated carbocycles. The van der Waals surface area contributed by atoms with Crippen molar-refractivity contribution in [1.29, 1.82) is 0 Å². The van der Waals surface area contributed by atoms with Crippen LogP contribution in [0.15, 0.2) is 42.5 Å². The lowest BCUT2D eigenvalue weighted by molar-refractivity contribution is -0.147. The summed E-state index contributed by atoms with van der Waals surface area (Å²) in [4.78, 5) is 23.5. The van der Waals surface area contributed by atoms with Gasteiger partial charge in [0.2, 0.25) is 0 Å². The van der Waals surface area contributed by atoms with E-state index in [1.165, 1.54) is 17.7 Å². The third-order valence-electron chi connectivity index (χ3n) is 5.59. The van der Waals surface area contributed by atoms with Crippen LogP contribution >= 0.6 is 0 Å². The van der Waals surface area contributed by atoms with Crippen molar-refractivity contribution < 1.29 is 28.6 Å². The van der Waals surface area contributed by atoms with E-state index in [2.05, 4.69) is 24.0 Å². The van der Waals surface area contributed by atoms with Crippen molar-refractivity contribution in [2.24, 2.45) is 5.92 Å². The van der Waals surface area contributed by atoms with E-state index in [1.54, 1.807) is 0 Å². The Balaban J connectivity index is 1.87. The van der Waals surface area contributed by atoms with Crippen molar-refractivity contribution in [3.05, 3.63) is 48.0 Å². The molecule has 1 amide bonds. The molecule has 5 nitrogen and oxygen atoms in total. The Morgan fingerprint density at radius 1 is 1.28 bits per heavy atom. The number of likely N-dealkylation sites (tertiary alicyclic amines) is 1. The zero-order valence-electron chi connectivity index (χ0n) is 18.3. The Labute approximate surface area is 188 Å². The number of carbonyl (C=O) groups is 2. The van der Waals surface area contributed by atoms with Crippen molar-refractivity contribution in [2.45, 2.75) is 69.9 Å². The number of aliphatic hydroxyl groups is 1. The van der Waals surface area contributed by atoms with Crippen molar-refractivity contribution in [2.75, 3.05) is 6.54 Å². The molecule has 1 heterocycles. The van der Waals surface area contributed by atoms with Crippen molar-refractivity contribution in [3.8, 4) is 11.8 Å². The first-order valence-corrected chi connectivity index (χ1v) is 11.0. The van der Waals surface area contributed by atoms with Crippen LogP contribution in [0.3, 0.4) is 0 Å². The first kappa shape index (κ1) is 25.5. The van der Waals surface area contributed by atoms with E-state index >= 15 is 0 Å². The fourth-order valence-electron chi connectivity index (χ4n) is 3.61. The summed E-state index contributed by atoms with van der Waals surface area (Å²) in [5, 5.41) is 19.0. The van der Waals surface area contributed by atoms with Gasteiger partial charge in [-0.15, -0.1) is 5.92 Å². The molecule has 1 aliphatic rings. The van der Waals surface area contributed by atoms with E-state index in [0.29, 0.717) is 12.8 Å². The number of halogens is 2. The van der Waals surface area contributed by atoms with Crippen LogP contribution in [0.5, 0.6) is 0 Å². The van der Waals surface area contributed by atoms with Gasteiger partial charge >= 0.3 is 11.9 Å². The number of alkyl halides is 2. The second-order valence-corrected chi connectivity index (χ2v) is 8.24. The molecular formula is C25H31F2NO4.